The lowest BCUT2D eigenvalue weighted by Gasteiger charge is -1.96. The van der Waals surface area contributed by atoms with Gasteiger partial charge in [-0.3, -0.25) is 4.79 Å². The molecule has 0 unspecified atom stereocenters. The number of carbonyl (C=O) groups excluding carboxylic acids is 2. The largest absolute Gasteiger partial charge is 0.466 e. The fraction of sp³-hybridized carbons (Fsp3) is 0.600. The lowest BCUT2D eigenvalue weighted by molar-refractivity contribution is -0.134. The molecule has 78 valence electrons. The van der Waals surface area contributed by atoms with Gasteiger partial charge in [-0.2, -0.15) is 0 Å². The van der Waals surface area contributed by atoms with Gasteiger partial charge in [-0.25, -0.2) is 4.79 Å². The van der Waals surface area contributed by atoms with Crippen LogP contribution in [0.4, 0.5) is 0 Å². The van der Waals surface area contributed by atoms with Crippen molar-refractivity contribution in [1.29, 1.82) is 0 Å². The van der Waals surface area contributed by atoms with Gasteiger partial charge in [-0.05, 0) is 22.9 Å². The molecule has 1 aliphatic rings. The monoisotopic (exact) mass is 216 g/mol. The quantitative estimate of drug-likeness (QED) is 0.410. The van der Waals surface area contributed by atoms with Crippen molar-refractivity contribution >= 4 is 22.8 Å². The number of allylic oxidation sites excluding steroid dienone is 1. The molecule has 1 rings (SSSR count). The van der Waals surface area contributed by atoms with E-state index >= 15 is 0 Å². The molecule has 4 heteroatoms. The maximum atomic E-state index is 11.0. The van der Waals surface area contributed by atoms with Gasteiger partial charge in [0, 0.05) is 12.0 Å². The van der Waals surface area contributed by atoms with Gasteiger partial charge in [0.05, 0.1) is 7.11 Å². The summed E-state index contributed by atoms with van der Waals surface area (Å²) in [6.07, 6.45) is 3.03. The smallest absolute Gasteiger partial charge is 0.330 e. The van der Waals surface area contributed by atoms with Crippen LogP contribution >= 0.6 is 11.6 Å². The number of halogens is 1. The molecule has 0 N–H and O–H groups in total. The third-order valence-corrected chi connectivity index (χ3v) is 3.03. The van der Waals surface area contributed by atoms with Gasteiger partial charge >= 0.3 is 5.97 Å². The number of rotatable bonds is 3. The van der Waals surface area contributed by atoms with E-state index in [0.29, 0.717) is 0 Å². The first-order valence-electron chi connectivity index (χ1n) is 4.36. The maximum absolute atomic E-state index is 11.0. The SMILES string of the molecule is COC(=O)/C=C/[C@@H]1[C@@H](C(=O)Cl)C1(C)C. The molecule has 0 aromatic rings. The van der Waals surface area contributed by atoms with Crippen molar-refractivity contribution in [3.8, 4) is 0 Å². The Labute approximate surface area is 88.1 Å². The van der Waals surface area contributed by atoms with Crippen LogP contribution in [0.5, 0.6) is 0 Å². The Morgan fingerprint density at radius 2 is 2.00 bits per heavy atom. The molecule has 0 bridgehead atoms. The van der Waals surface area contributed by atoms with Gasteiger partial charge in [-0.15, -0.1) is 0 Å². The lowest BCUT2D eigenvalue weighted by atomic mass is 10.1. The number of carbonyl (C=O) groups is 2. The van der Waals surface area contributed by atoms with Crippen molar-refractivity contribution in [2.45, 2.75) is 13.8 Å². The van der Waals surface area contributed by atoms with E-state index in [2.05, 4.69) is 4.74 Å². The number of methoxy groups -OCH3 is 1. The molecule has 0 aliphatic heterocycles. The van der Waals surface area contributed by atoms with Crippen LogP contribution in [0.25, 0.3) is 0 Å². The summed E-state index contributed by atoms with van der Waals surface area (Å²) in [4.78, 5) is 21.8. The summed E-state index contributed by atoms with van der Waals surface area (Å²) in [7, 11) is 1.31. The average molecular weight is 217 g/mol. The summed E-state index contributed by atoms with van der Waals surface area (Å²) in [6, 6.07) is 0. The minimum Gasteiger partial charge on any atom is -0.466 e. The van der Waals surface area contributed by atoms with Crippen LogP contribution in [0, 0.1) is 17.3 Å². The van der Waals surface area contributed by atoms with E-state index in [1.54, 1.807) is 6.08 Å². The van der Waals surface area contributed by atoms with Gasteiger partial charge in [-0.1, -0.05) is 19.9 Å². The molecule has 0 saturated heterocycles. The van der Waals surface area contributed by atoms with Crippen molar-refractivity contribution in [2.75, 3.05) is 7.11 Å². The number of hydrogen-bond donors (Lipinski definition) is 0. The van der Waals surface area contributed by atoms with E-state index in [9.17, 15) is 9.59 Å². The third kappa shape index (κ3) is 1.98. The summed E-state index contributed by atoms with van der Waals surface area (Å²) in [5, 5.41) is -0.338. The highest BCUT2D eigenvalue weighted by atomic mass is 35.5. The molecule has 0 spiro atoms. The normalized spacial score (nSPS) is 28.9. The van der Waals surface area contributed by atoms with Crippen LogP contribution in [0.15, 0.2) is 12.2 Å². The first-order chi connectivity index (χ1) is 6.41. The van der Waals surface area contributed by atoms with Crippen LogP contribution in [-0.4, -0.2) is 18.3 Å². The van der Waals surface area contributed by atoms with Crippen LogP contribution in [0.3, 0.4) is 0 Å². The highest BCUT2D eigenvalue weighted by Gasteiger charge is 2.59. The Balaban J connectivity index is 2.61. The van der Waals surface area contributed by atoms with Gasteiger partial charge in [0.1, 0.15) is 0 Å². The van der Waals surface area contributed by atoms with Gasteiger partial charge in [0.25, 0.3) is 0 Å². The van der Waals surface area contributed by atoms with Crippen molar-refractivity contribution in [2.24, 2.45) is 17.3 Å². The Hall–Kier alpha value is -0.830. The summed E-state index contributed by atoms with van der Waals surface area (Å²) in [6.45, 7) is 3.90. The van der Waals surface area contributed by atoms with E-state index in [0.717, 1.165) is 0 Å². The van der Waals surface area contributed by atoms with E-state index in [1.165, 1.54) is 13.2 Å². The molecule has 1 aliphatic carbocycles. The number of ether oxygens (including phenoxy) is 1. The Bertz CT molecular complexity index is 294. The van der Waals surface area contributed by atoms with Gasteiger partial charge in [0.15, 0.2) is 0 Å². The van der Waals surface area contributed by atoms with E-state index in [-0.39, 0.29) is 22.5 Å². The minimum absolute atomic E-state index is 0.0478. The molecule has 14 heavy (non-hydrogen) atoms. The van der Waals surface area contributed by atoms with Gasteiger partial charge in [0.2, 0.25) is 5.24 Å². The molecule has 0 aromatic carbocycles. The number of hydrogen-bond acceptors (Lipinski definition) is 3. The summed E-state index contributed by atoms with van der Waals surface area (Å²) >= 11 is 5.41. The summed E-state index contributed by atoms with van der Waals surface area (Å²) in [5.74, 6) is -0.537. The highest BCUT2D eigenvalue weighted by molar-refractivity contribution is 6.64. The Kier molecular flexibility index (Phi) is 3.00. The minimum atomic E-state index is -0.409. The van der Waals surface area contributed by atoms with Crippen LogP contribution in [0.2, 0.25) is 0 Å². The molecule has 0 aromatic heterocycles. The molecule has 1 saturated carbocycles. The van der Waals surface area contributed by atoms with E-state index in [1.807, 2.05) is 13.8 Å². The average Bonchev–Trinajstić information content (AvgIpc) is 2.64. The van der Waals surface area contributed by atoms with Crippen LogP contribution < -0.4 is 0 Å². The zero-order valence-corrected chi connectivity index (χ0v) is 9.17. The Morgan fingerprint density at radius 1 is 1.43 bits per heavy atom. The van der Waals surface area contributed by atoms with E-state index < -0.39 is 5.97 Å². The molecule has 3 nitrogen and oxygen atoms in total. The first-order valence-corrected chi connectivity index (χ1v) is 4.74. The lowest BCUT2D eigenvalue weighted by Crippen LogP contribution is -1.96. The highest BCUT2D eigenvalue weighted by Crippen LogP contribution is 2.59. The molecular formula is C10H13ClO3. The Morgan fingerprint density at radius 3 is 2.36 bits per heavy atom. The first kappa shape index (κ1) is 11.2. The van der Waals surface area contributed by atoms with Crippen molar-refractivity contribution in [3.05, 3.63) is 12.2 Å². The topological polar surface area (TPSA) is 43.4 Å². The molecule has 0 heterocycles. The predicted octanol–water partition coefficient (Wildman–Crippen LogP) is 1.75. The third-order valence-electron chi connectivity index (χ3n) is 2.80. The van der Waals surface area contributed by atoms with E-state index in [4.69, 9.17) is 11.6 Å². The van der Waals surface area contributed by atoms with Crippen LogP contribution in [-0.2, 0) is 14.3 Å². The van der Waals surface area contributed by atoms with Crippen molar-refractivity contribution in [1.82, 2.24) is 0 Å². The second-order valence-electron chi connectivity index (χ2n) is 4.01. The fourth-order valence-corrected chi connectivity index (χ4v) is 2.14. The molecule has 2 atom stereocenters. The predicted molar refractivity (Wildman–Crippen MR) is 52.8 cm³/mol. The second-order valence-corrected chi connectivity index (χ2v) is 4.38. The summed E-state index contributed by atoms with van der Waals surface area (Å²) in [5.41, 5.74) is -0.136. The number of esters is 1. The van der Waals surface area contributed by atoms with Crippen molar-refractivity contribution < 1.29 is 14.3 Å². The molecule has 0 amide bonds. The summed E-state index contributed by atoms with van der Waals surface area (Å²) < 4.78 is 4.45. The second kappa shape index (κ2) is 3.73. The molecule has 0 radical (unpaired) electrons. The molecule has 1 fully saturated rings. The zero-order valence-electron chi connectivity index (χ0n) is 8.41. The van der Waals surface area contributed by atoms with Crippen molar-refractivity contribution in [3.63, 3.8) is 0 Å². The zero-order chi connectivity index (χ0) is 10.9. The standard InChI is InChI=1S/C10H13ClO3/c1-10(2)6(8(10)9(11)13)4-5-7(12)14-3/h4-6,8H,1-3H3/b5-4+/t6-,8+/m1/s1. The maximum Gasteiger partial charge on any atom is 0.330 e. The fourth-order valence-electron chi connectivity index (χ4n) is 1.72. The van der Waals surface area contributed by atoms with Gasteiger partial charge < -0.3 is 4.74 Å². The van der Waals surface area contributed by atoms with Crippen LogP contribution in [0.1, 0.15) is 13.8 Å². The molecular weight excluding hydrogens is 204 g/mol.